The fourth-order valence-corrected chi connectivity index (χ4v) is 3.40. The molecule has 0 saturated heterocycles. The third kappa shape index (κ3) is 5.62. The molecule has 0 radical (unpaired) electrons. The number of hydrogen-bond acceptors (Lipinski definition) is 4. The Hall–Kier alpha value is -2.83. The molecular formula is C23H24ClFN4O. The van der Waals surface area contributed by atoms with Gasteiger partial charge in [0.1, 0.15) is 17.0 Å². The number of rotatable bonds is 8. The van der Waals surface area contributed by atoms with Crippen LogP contribution in [0.2, 0.25) is 5.15 Å². The summed E-state index contributed by atoms with van der Waals surface area (Å²) in [6.07, 6.45) is 4.41. The molecule has 2 atom stereocenters. The van der Waals surface area contributed by atoms with Crippen LogP contribution in [0.15, 0.2) is 60.9 Å². The predicted molar refractivity (Wildman–Crippen MR) is 116 cm³/mol. The van der Waals surface area contributed by atoms with Gasteiger partial charge >= 0.3 is 0 Å². The standard InChI is InChI=1S/C23H24ClFN4O/c1-15-12-17(8-10-19(15)25)20(11-9-18-13-28-21(24)14-27-18)29-22(23(30)26-2)16-6-4-3-5-7-16/h3-8,10,12-14,20,22,29H,9,11H2,1-2H3,(H,26,30)/t20-,22-/m1/s1. The summed E-state index contributed by atoms with van der Waals surface area (Å²) in [7, 11) is 1.61. The van der Waals surface area contributed by atoms with E-state index < -0.39 is 6.04 Å². The number of carbonyl (C=O) groups is 1. The summed E-state index contributed by atoms with van der Waals surface area (Å²) in [6.45, 7) is 1.73. The average molecular weight is 427 g/mol. The van der Waals surface area contributed by atoms with E-state index in [0.717, 1.165) is 16.8 Å². The molecule has 1 amide bonds. The van der Waals surface area contributed by atoms with Crippen LogP contribution in [0.5, 0.6) is 0 Å². The Morgan fingerprint density at radius 1 is 1.10 bits per heavy atom. The first-order valence-corrected chi connectivity index (χ1v) is 10.1. The molecule has 1 aromatic heterocycles. The molecule has 5 nitrogen and oxygen atoms in total. The highest BCUT2D eigenvalue weighted by molar-refractivity contribution is 6.29. The molecule has 0 aliphatic carbocycles. The molecule has 0 saturated carbocycles. The highest BCUT2D eigenvalue weighted by atomic mass is 35.5. The molecule has 0 bridgehead atoms. The lowest BCUT2D eigenvalue weighted by molar-refractivity contribution is -0.123. The van der Waals surface area contributed by atoms with Crippen LogP contribution in [0.25, 0.3) is 0 Å². The van der Waals surface area contributed by atoms with Crippen LogP contribution in [0.4, 0.5) is 4.39 Å². The van der Waals surface area contributed by atoms with Crippen molar-refractivity contribution in [1.29, 1.82) is 0 Å². The number of halogens is 2. The summed E-state index contributed by atoms with van der Waals surface area (Å²) in [4.78, 5) is 21.0. The largest absolute Gasteiger partial charge is 0.358 e. The summed E-state index contributed by atoms with van der Waals surface area (Å²) in [6, 6.07) is 13.8. The van der Waals surface area contributed by atoms with Gasteiger partial charge in [-0.3, -0.25) is 15.1 Å². The van der Waals surface area contributed by atoms with E-state index in [1.54, 1.807) is 26.2 Å². The second-order valence-corrected chi connectivity index (χ2v) is 7.44. The molecule has 0 aliphatic rings. The maximum Gasteiger partial charge on any atom is 0.241 e. The fraction of sp³-hybridized carbons (Fsp3) is 0.261. The number of nitrogens with zero attached hydrogens (tertiary/aromatic N) is 2. The predicted octanol–water partition coefficient (Wildman–Crippen LogP) is 4.33. The van der Waals surface area contributed by atoms with Gasteiger partial charge in [-0.2, -0.15) is 0 Å². The van der Waals surface area contributed by atoms with Gasteiger partial charge in [0, 0.05) is 13.1 Å². The van der Waals surface area contributed by atoms with Crippen LogP contribution in [0.1, 0.15) is 40.9 Å². The van der Waals surface area contributed by atoms with Crippen molar-refractivity contribution in [1.82, 2.24) is 20.6 Å². The van der Waals surface area contributed by atoms with Gasteiger partial charge < -0.3 is 5.32 Å². The molecule has 1 heterocycles. The summed E-state index contributed by atoms with van der Waals surface area (Å²) in [5.74, 6) is -0.400. The van der Waals surface area contributed by atoms with E-state index in [0.29, 0.717) is 23.6 Å². The molecule has 3 rings (SSSR count). The van der Waals surface area contributed by atoms with Crippen LogP contribution < -0.4 is 10.6 Å². The normalized spacial score (nSPS) is 12.9. The van der Waals surface area contributed by atoms with Crippen LogP contribution in [0.3, 0.4) is 0 Å². The zero-order chi connectivity index (χ0) is 21.5. The van der Waals surface area contributed by atoms with Crippen molar-refractivity contribution in [2.24, 2.45) is 0 Å². The smallest absolute Gasteiger partial charge is 0.241 e. The Morgan fingerprint density at radius 2 is 1.87 bits per heavy atom. The molecule has 30 heavy (non-hydrogen) atoms. The quantitative estimate of drug-likeness (QED) is 0.562. The zero-order valence-corrected chi connectivity index (χ0v) is 17.7. The Kier molecular flexibility index (Phi) is 7.49. The maximum absolute atomic E-state index is 13.8. The number of benzene rings is 2. The van der Waals surface area contributed by atoms with E-state index >= 15 is 0 Å². The van der Waals surface area contributed by atoms with Crippen LogP contribution >= 0.6 is 11.6 Å². The van der Waals surface area contributed by atoms with Gasteiger partial charge in [-0.1, -0.05) is 54.1 Å². The van der Waals surface area contributed by atoms with Gasteiger partial charge in [0.2, 0.25) is 5.91 Å². The van der Waals surface area contributed by atoms with E-state index in [-0.39, 0.29) is 17.8 Å². The minimum atomic E-state index is -0.553. The lowest BCUT2D eigenvalue weighted by Crippen LogP contribution is -2.38. The molecule has 2 N–H and O–H groups in total. The van der Waals surface area contributed by atoms with E-state index in [2.05, 4.69) is 20.6 Å². The van der Waals surface area contributed by atoms with E-state index in [1.807, 2.05) is 36.4 Å². The lowest BCUT2D eigenvalue weighted by Gasteiger charge is -2.26. The van der Waals surface area contributed by atoms with Crippen molar-refractivity contribution in [2.75, 3.05) is 7.05 Å². The molecular weight excluding hydrogens is 403 g/mol. The fourth-order valence-electron chi connectivity index (χ4n) is 3.31. The molecule has 2 aromatic carbocycles. The summed E-state index contributed by atoms with van der Waals surface area (Å²) < 4.78 is 13.8. The van der Waals surface area contributed by atoms with Crippen molar-refractivity contribution in [3.05, 3.63) is 94.3 Å². The number of carbonyl (C=O) groups excluding carboxylic acids is 1. The molecule has 0 unspecified atom stereocenters. The van der Waals surface area contributed by atoms with Crippen molar-refractivity contribution >= 4 is 17.5 Å². The first-order chi connectivity index (χ1) is 14.5. The highest BCUT2D eigenvalue weighted by Gasteiger charge is 2.24. The maximum atomic E-state index is 13.8. The zero-order valence-electron chi connectivity index (χ0n) is 16.9. The van der Waals surface area contributed by atoms with Crippen molar-refractivity contribution in [3.63, 3.8) is 0 Å². The first-order valence-electron chi connectivity index (χ1n) is 9.73. The Bertz CT molecular complexity index is 982. The molecule has 0 aliphatic heterocycles. The number of aryl methyl sites for hydroxylation is 2. The number of amides is 1. The van der Waals surface area contributed by atoms with Gasteiger partial charge in [0.05, 0.1) is 18.1 Å². The Labute approximate surface area is 180 Å². The molecule has 0 spiro atoms. The number of aromatic nitrogens is 2. The molecule has 3 aromatic rings. The van der Waals surface area contributed by atoms with Gasteiger partial charge in [-0.25, -0.2) is 9.37 Å². The van der Waals surface area contributed by atoms with E-state index in [9.17, 15) is 9.18 Å². The topological polar surface area (TPSA) is 66.9 Å². The van der Waals surface area contributed by atoms with Gasteiger partial charge in [0.25, 0.3) is 0 Å². The van der Waals surface area contributed by atoms with E-state index in [4.69, 9.17) is 11.6 Å². The number of nitrogens with one attached hydrogen (secondary N) is 2. The first kappa shape index (κ1) is 21.9. The number of likely N-dealkylation sites (N-methyl/N-ethyl adjacent to an activating group) is 1. The summed E-state index contributed by atoms with van der Waals surface area (Å²) in [5.41, 5.74) is 3.11. The Morgan fingerprint density at radius 3 is 2.50 bits per heavy atom. The summed E-state index contributed by atoms with van der Waals surface area (Å²) >= 11 is 5.82. The SMILES string of the molecule is CNC(=O)[C@H](N[C@H](CCc1cnc(Cl)cn1)c1ccc(F)c(C)c1)c1ccccc1. The summed E-state index contributed by atoms with van der Waals surface area (Å²) in [5, 5.41) is 6.52. The molecule has 0 fully saturated rings. The minimum Gasteiger partial charge on any atom is -0.358 e. The monoisotopic (exact) mass is 426 g/mol. The second kappa shape index (κ2) is 10.3. The molecule has 156 valence electrons. The third-order valence-corrected chi connectivity index (χ3v) is 5.15. The van der Waals surface area contributed by atoms with Crippen molar-refractivity contribution < 1.29 is 9.18 Å². The Balaban J connectivity index is 1.89. The number of hydrogen-bond donors (Lipinski definition) is 2. The van der Waals surface area contributed by atoms with Gasteiger partial charge in [-0.05, 0) is 42.5 Å². The van der Waals surface area contributed by atoms with E-state index in [1.165, 1.54) is 12.3 Å². The van der Waals surface area contributed by atoms with Gasteiger partial charge in [-0.15, -0.1) is 0 Å². The highest BCUT2D eigenvalue weighted by Crippen LogP contribution is 2.26. The van der Waals surface area contributed by atoms with Crippen molar-refractivity contribution in [3.8, 4) is 0 Å². The minimum absolute atomic E-state index is 0.142. The van der Waals surface area contributed by atoms with Crippen LogP contribution in [-0.2, 0) is 11.2 Å². The third-order valence-electron chi connectivity index (χ3n) is 4.96. The second-order valence-electron chi connectivity index (χ2n) is 7.05. The molecule has 7 heteroatoms. The lowest BCUT2D eigenvalue weighted by atomic mass is 9.96. The van der Waals surface area contributed by atoms with Gasteiger partial charge in [0.15, 0.2) is 0 Å². The average Bonchev–Trinajstić information content (AvgIpc) is 2.77. The van der Waals surface area contributed by atoms with Crippen LogP contribution in [0, 0.1) is 12.7 Å². The van der Waals surface area contributed by atoms with Crippen molar-refractivity contribution in [2.45, 2.75) is 31.8 Å². The van der Waals surface area contributed by atoms with Crippen LogP contribution in [-0.4, -0.2) is 22.9 Å².